The van der Waals surface area contributed by atoms with Crippen LogP contribution in [0.4, 0.5) is 5.69 Å². The van der Waals surface area contributed by atoms with Crippen LogP contribution in [0.1, 0.15) is 18.4 Å². The molecule has 1 aliphatic heterocycles. The van der Waals surface area contributed by atoms with Crippen molar-refractivity contribution in [1.29, 1.82) is 0 Å². The van der Waals surface area contributed by atoms with E-state index in [2.05, 4.69) is 35.3 Å². The number of hydrogen-bond acceptors (Lipinski definition) is 3. The van der Waals surface area contributed by atoms with Crippen LogP contribution in [0, 0.1) is 0 Å². The van der Waals surface area contributed by atoms with Gasteiger partial charge in [-0.25, -0.2) is 0 Å². The van der Waals surface area contributed by atoms with Crippen LogP contribution in [0.3, 0.4) is 0 Å². The molecule has 1 N–H and O–H groups in total. The normalized spacial score (nSPS) is 17.7. The van der Waals surface area contributed by atoms with Gasteiger partial charge in [-0.15, -0.1) is 0 Å². The smallest absolute Gasteiger partial charge is 0.0642 e. The topological polar surface area (TPSA) is 18.5 Å². The minimum absolute atomic E-state index is 0.590. The summed E-state index contributed by atoms with van der Waals surface area (Å²) in [5, 5.41) is 4.08. The second kappa shape index (κ2) is 6.60. The van der Waals surface area contributed by atoms with Crippen molar-refractivity contribution >= 4 is 17.3 Å². The zero-order valence-electron chi connectivity index (χ0n) is 12.1. The molecule has 1 aromatic rings. The molecule has 106 valence electrons. The molecule has 1 aliphatic rings. The molecule has 0 aliphatic carbocycles. The maximum Gasteiger partial charge on any atom is 0.0642 e. The zero-order chi connectivity index (χ0) is 13.8. The Morgan fingerprint density at radius 3 is 2.68 bits per heavy atom. The standard InChI is InChI=1S/C15H24ClN3/c1-17-11-12-5-4-6-14(16)15(12)19(3)13-7-9-18(2)10-8-13/h4-6,13,17H,7-11H2,1-3H3. The number of rotatable bonds is 4. The Bertz CT molecular complexity index is 414. The predicted octanol–water partition coefficient (Wildman–Crippen LogP) is 2.59. The van der Waals surface area contributed by atoms with Crippen LogP contribution in [-0.2, 0) is 6.54 Å². The summed E-state index contributed by atoms with van der Waals surface area (Å²) in [6.07, 6.45) is 2.41. The summed E-state index contributed by atoms with van der Waals surface area (Å²) in [6.45, 7) is 3.19. The van der Waals surface area contributed by atoms with E-state index >= 15 is 0 Å². The van der Waals surface area contributed by atoms with Crippen molar-refractivity contribution in [3.05, 3.63) is 28.8 Å². The number of nitrogens with zero attached hydrogens (tertiary/aromatic N) is 2. The van der Waals surface area contributed by atoms with Crippen molar-refractivity contribution in [3.8, 4) is 0 Å². The Labute approximate surface area is 121 Å². The van der Waals surface area contributed by atoms with Crippen molar-refractivity contribution in [1.82, 2.24) is 10.2 Å². The van der Waals surface area contributed by atoms with Crippen molar-refractivity contribution in [2.75, 3.05) is 39.1 Å². The molecule has 0 spiro atoms. The van der Waals surface area contributed by atoms with Gasteiger partial charge in [0, 0.05) is 19.6 Å². The Kier molecular flexibility index (Phi) is 5.08. The number of hydrogen-bond donors (Lipinski definition) is 1. The summed E-state index contributed by atoms with van der Waals surface area (Å²) in [5.74, 6) is 0. The maximum atomic E-state index is 6.43. The lowest BCUT2D eigenvalue weighted by molar-refractivity contribution is 0.252. The molecule has 0 saturated carbocycles. The van der Waals surface area contributed by atoms with Crippen LogP contribution in [0.5, 0.6) is 0 Å². The SMILES string of the molecule is CNCc1cccc(Cl)c1N(C)C1CCN(C)CC1. The van der Waals surface area contributed by atoms with Crippen LogP contribution >= 0.6 is 11.6 Å². The molecule has 4 heteroatoms. The first kappa shape index (κ1) is 14.6. The molecule has 0 aromatic heterocycles. The van der Waals surface area contributed by atoms with Crippen molar-refractivity contribution in [2.24, 2.45) is 0 Å². The van der Waals surface area contributed by atoms with Crippen LogP contribution in [0.25, 0.3) is 0 Å². The summed E-state index contributed by atoms with van der Waals surface area (Å²) < 4.78 is 0. The lowest BCUT2D eigenvalue weighted by Crippen LogP contribution is -2.42. The van der Waals surface area contributed by atoms with Crippen LogP contribution in [-0.4, -0.2) is 45.2 Å². The molecular formula is C15H24ClN3. The number of nitrogens with one attached hydrogen (secondary N) is 1. The van der Waals surface area contributed by atoms with Gasteiger partial charge >= 0.3 is 0 Å². The van der Waals surface area contributed by atoms with Crippen LogP contribution in [0.15, 0.2) is 18.2 Å². The highest BCUT2D eigenvalue weighted by Gasteiger charge is 2.23. The van der Waals surface area contributed by atoms with Gasteiger partial charge in [0.2, 0.25) is 0 Å². The van der Waals surface area contributed by atoms with Gasteiger partial charge in [-0.1, -0.05) is 23.7 Å². The molecule has 0 unspecified atom stereocenters. The first-order chi connectivity index (χ1) is 9.13. The highest BCUT2D eigenvalue weighted by atomic mass is 35.5. The molecule has 1 aromatic carbocycles. The highest BCUT2D eigenvalue weighted by molar-refractivity contribution is 6.33. The van der Waals surface area contributed by atoms with Gasteiger partial charge in [0.05, 0.1) is 10.7 Å². The van der Waals surface area contributed by atoms with E-state index in [0.29, 0.717) is 6.04 Å². The third kappa shape index (κ3) is 3.41. The summed E-state index contributed by atoms with van der Waals surface area (Å²) in [4.78, 5) is 4.77. The van der Waals surface area contributed by atoms with E-state index in [9.17, 15) is 0 Å². The number of anilines is 1. The van der Waals surface area contributed by atoms with Crippen molar-refractivity contribution in [2.45, 2.75) is 25.4 Å². The Hall–Kier alpha value is -0.770. The van der Waals surface area contributed by atoms with Gasteiger partial charge in [0.1, 0.15) is 0 Å². The lowest BCUT2D eigenvalue weighted by Gasteiger charge is -2.37. The molecule has 0 bridgehead atoms. The van der Waals surface area contributed by atoms with Crippen LogP contribution in [0.2, 0.25) is 5.02 Å². The summed E-state index contributed by atoms with van der Waals surface area (Å²) in [7, 11) is 6.34. The van der Waals surface area contributed by atoms with E-state index in [1.165, 1.54) is 37.2 Å². The fraction of sp³-hybridized carbons (Fsp3) is 0.600. The van der Waals surface area contributed by atoms with E-state index in [4.69, 9.17) is 11.6 Å². The van der Waals surface area contributed by atoms with Gasteiger partial charge in [0.25, 0.3) is 0 Å². The molecule has 2 rings (SSSR count). The number of halogens is 1. The van der Waals surface area contributed by atoms with Gasteiger partial charge in [-0.05, 0) is 51.7 Å². The Morgan fingerprint density at radius 2 is 2.05 bits per heavy atom. The monoisotopic (exact) mass is 281 g/mol. The minimum atomic E-state index is 0.590. The highest BCUT2D eigenvalue weighted by Crippen LogP contribution is 2.32. The van der Waals surface area contributed by atoms with E-state index in [-0.39, 0.29) is 0 Å². The quantitative estimate of drug-likeness (QED) is 0.915. The second-order valence-electron chi connectivity index (χ2n) is 5.42. The van der Waals surface area contributed by atoms with Crippen molar-refractivity contribution < 1.29 is 0 Å². The molecule has 0 atom stereocenters. The largest absolute Gasteiger partial charge is 0.370 e. The first-order valence-electron chi connectivity index (χ1n) is 6.97. The molecule has 1 fully saturated rings. The third-order valence-corrected chi connectivity index (χ3v) is 4.33. The fourth-order valence-electron chi connectivity index (χ4n) is 2.85. The van der Waals surface area contributed by atoms with Gasteiger partial charge < -0.3 is 15.1 Å². The van der Waals surface area contributed by atoms with Gasteiger partial charge in [-0.2, -0.15) is 0 Å². The molecule has 1 heterocycles. The molecular weight excluding hydrogens is 258 g/mol. The van der Waals surface area contributed by atoms with E-state index in [1.807, 2.05) is 19.2 Å². The molecule has 1 saturated heterocycles. The number of benzene rings is 1. The van der Waals surface area contributed by atoms with Gasteiger partial charge in [-0.3, -0.25) is 0 Å². The third-order valence-electron chi connectivity index (χ3n) is 4.03. The predicted molar refractivity (Wildman–Crippen MR) is 83.1 cm³/mol. The van der Waals surface area contributed by atoms with Gasteiger partial charge in [0.15, 0.2) is 0 Å². The fourth-order valence-corrected chi connectivity index (χ4v) is 3.18. The Morgan fingerprint density at radius 1 is 1.37 bits per heavy atom. The molecule has 19 heavy (non-hydrogen) atoms. The molecule has 3 nitrogen and oxygen atoms in total. The summed E-state index contributed by atoms with van der Waals surface area (Å²) in [5.41, 5.74) is 2.46. The lowest BCUT2D eigenvalue weighted by atomic mass is 10.0. The van der Waals surface area contributed by atoms with E-state index < -0.39 is 0 Å². The number of para-hydroxylation sites is 1. The second-order valence-corrected chi connectivity index (χ2v) is 5.83. The first-order valence-corrected chi connectivity index (χ1v) is 7.34. The maximum absolute atomic E-state index is 6.43. The average Bonchev–Trinajstić information content (AvgIpc) is 2.39. The summed E-state index contributed by atoms with van der Waals surface area (Å²) in [6, 6.07) is 6.76. The van der Waals surface area contributed by atoms with Crippen molar-refractivity contribution in [3.63, 3.8) is 0 Å². The van der Waals surface area contributed by atoms with Crippen LogP contribution < -0.4 is 10.2 Å². The zero-order valence-corrected chi connectivity index (χ0v) is 12.9. The Balaban J connectivity index is 2.20. The molecule has 0 radical (unpaired) electrons. The minimum Gasteiger partial charge on any atom is -0.370 e. The summed E-state index contributed by atoms with van der Waals surface area (Å²) >= 11 is 6.43. The average molecular weight is 282 g/mol. The van der Waals surface area contributed by atoms with E-state index in [0.717, 1.165) is 11.6 Å². The van der Waals surface area contributed by atoms with E-state index in [1.54, 1.807) is 0 Å². The number of likely N-dealkylation sites (tertiary alicyclic amines) is 1. The molecule has 0 amide bonds. The number of piperidine rings is 1.